The van der Waals surface area contributed by atoms with E-state index in [4.69, 9.17) is 0 Å². The molecule has 1 N–H and O–H groups in total. The standard InChI is InChI=1S/C18H21N3O2/c1-6-21-16(22)14(11(2)15(9-19)17(21)23)8-13-7-12(10-20-13)18(3,4)5/h7-8,10,22H,6H2,1-5H3/b13-8-. The molecule has 0 aromatic carbocycles. The lowest BCUT2D eigenvalue weighted by Crippen LogP contribution is -2.24. The minimum Gasteiger partial charge on any atom is -0.494 e. The van der Waals surface area contributed by atoms with Crippen molar-refractivity contribution in [3.05, 3.63) is 44.4 Å². The quantitative estimate of drug-likeness (QED) is 0.911. The summed E-state index contributed by atoms with van der Waals surface area (Å²) >= 11 is 0. The number of allylic oxidation sites excluding steroid dienone is 2. The number of aromatic nitrogens is 1. The van der Waals surface area contributed by atoms with Gasteiger partial charge in [0.15, 0.2) is 0 Å². The third kappa shape index (κ3) is 2.98. The molecule has 0 saturated heterocycles. The Morgan fingerprint density at radius 3 is 2.57 bits per heavy atom. The summed E-state index contributed by atoms with van der Waals surface area (Å²) < 4.78 is 1.20. The van der Waals surface area contributed by atoms with Crippen molar-refractivity contribution in [1.82, 2.24) is 4.57 Å². The van der Waals surface area contributed by atoms with Gasteiger partial charge in [0.25, 0.3) is 5.56 Å². The lowest BCUT2D eigenvalue weighted by molar-refractivity contribution is 0.409. The van der Waals surface area contributed by atoms with Gasteiger partial charge in [0.1, 0.15) is 11.6 Å². The van der Waals surface area contributed by atoms with Gasteiger partial charge in [-0.05, 0) is 42.6 Å². The summed E-state index contributed by atoms with van der Waals surface area (Å²) in [6.07, 6.45) is 5.47. The first-order valence-electron chi connectivity index (χ1n) is 7.55. The van der Waals surface area contributed by atoms with E-state index in [0.717, 1.165) is 5.57 Å². The van der Waals surface area contributed by atoms with Crippen LogP contribution in [0.4, 0.5) is 0 Å². The highest BCUT2D eigenvalue weighted by Crippen LogP contribution is 2.31. The second kappa shape index (κ2) is 5.88. The number of rotatable bonds is 2. The zero-order chi connectivity index (χ0) is 17.4. The topological polar surface area (TPSA) is 78.4 Å². The fourth-order valence-electron chi connectivity index (χ4n) is 2.45. The normalized spacial score (nSPS) is 15.8. The van der Waals surface area contributed by atoms with Crippen LogP contribution in [-0.4, -0.2) is 15.9 Å². The fraction of sp³-hybridized carbons (Fsp3) is 0.389. The highest BCUT2D eigenvalue weighted by molar-refractivity contribution is 5.87. The van der Waals surface area contributed by atoms with E-state index in [0.29, 0.717) is 23.4 Å². The van der Waals surface area contributed by atoms with Gasteiger partial charge < -0.3 is 5.11 Å². The average molecular weight is 311 g/mol. The van der Waals surface area contributed by atoms with Crippen LogP contribution >= 0.6 is 0 Å². The highest BCUT2D eigenvalue weighted by Gasteiger charge is 2.21. The largest absolute Gasteiger partial charge is 0.494 e. The van der Waals surface area contributed by atoms with Crippen LogP contribution in [0.25, 0.3) is 6.08 Å². The van der Waals surface area contributed by atoms with Crippen molar-refractivity contribution in [2.24, 2.45) is 10.4 Å². The van der Waals surface area contributed by atoms with Crippen LogP contribution in [0.3, 0.4) is 0 Å². The second-order valence-electron chi connectivity index (χ2n) is 6.58. The first-order chi connectivity index (χ1) is 10.7. The smallest absolute Gasteiger partial charge is 0.271 e. The van der Waals surface area contributed by atoms with Gasteiger partial charge in [-0.2, -0.15) is 5.26 Å². The lowest BCUT2D eigenvalue weighted by atomic mass is 9.87. The molecular formula is C18H21N3O2. The summed E-state index contributed by atoms with van der Waals surface area (Å²) in [6, 6.07) is 1.94. The number of pyridine rings is 1. The van der Waals surface area contributed by atoms with Gasteiger partial charge in [-0.3, -0.25) is 14.4 Å². The SMILES string of the molecule is CCn1c(O)c(/C=C2/C=C(C(C)(C)C)C=N2)c(C)c(C#N)c1=O. The summed E-state index contributed by atoms with van der Waals surface area (Å²) in [5, 5.41) is 19.6. The van der Waals surface area contributed by atoms with E-state index in [9.17, 15) is 15.2 Å². The van der Waals surface area contributed by atoms with Crippen molar-refractivity contribution in [1.29, 1.82) is 5.26 Å². The van der Waals surface area contributed by atoms with Gasteiger partial charge in [-0.25, -0.2) is 0 Å². The molecule has 0 fully saturated rings. The van der Waals surface area contributed by atoms with Crippen LogP contribution in [0.2, 0.25) is 0 Å². The molecule has 2 heterocycles. The van der Waals surface area contributed by atoms with Gasteiger partial charge in [-0.1, -0.05) is 20.8 Å². The van der Waals surface area contributed by atoms with Crippen molar-refractivity contribution in [2.45, 2.75) is 41.2 Å². The Hall–Kier alpha value is -2.61. The minimum atomic E-state index is -0.465. The summed E-state index contributed by atoms with van der Waals surface area (Å²) in [4.78, 5) is 16.5. The van der Waals surface area contributed by atoms with E-state index in [1.54, 1.807) is 26.1 Å². The Kier molecular flexibility index (Phi) is 4.28. The van der Waals surface area contributed by atoms with Crippen LogP contribution < -0.4 is 5.56 Å². The number of nitriles is 1. The maximum absolute atomic E-state index is 12.2. The van der Waals surface area contributed by atoms with Crippen molar-refractivity contribution in [2.75, 3.05) is 0 Å². The van der Waals surface area contributed by atoms with Crippen LogP contribution in [-0.2, 0) is 6.54 Å². The molecule has 5 nitrogen and oxygen atoms in total. The molecular weight excluding hydrogens is 290 g/mol. The predicted octanol–water partition coefficient (Wildman–Crippen LogP) is 3.15. The number of nitrogens with zero attached hydrogens (tertiary/aromatic N) is 3. The van der Waals surface area contributed by atoms with Crippen molar-refractivity contribution in [3.63, 3.8) is 0 Å². The van der Waals surface area contributed by atoms with Gasteiger partial charge in [0.2, 0.25) is 5.88 Å². The molecule has 1 aliphatic rings. The molecule has 120 valence electrons. The fourth-order valence-corrected chi connectivity index (χ4v) is 2.45. The maximum Gasteiger partial charge on any atom is 0.271 e. The molecule has 1 aromatic rings. The van der Waals surface area contributed by atoms with E-state index >= 15 is 0 Å². The van der Waals surface area contributed by atoms with Gasteiger partial charge >= 0.3 is 0 Å². The Labute approximate surface area is 135 Å². The number of aromatic hydroxyl groups is 1. The van der Waals surface area contributed by atoms with Crippen molar-refractivity contribution < 1.29 is 5.11 Å². The maximum atomic E-state index is 12.2. The molecule has 0 radical (unpaired) electrons. The van der Waals surface area contributed by atoms with Crippen LogP contribution in [0.5, 0.6) is 5.88 Å². The van der Waals surface area contributed by atoms with Gasteiger partial charge in [0.05, 0.1) is 5.70 Å². The molecule has 1 aliphatic heterocycles. The Morgan fingerprint density at radius 2 is 2.09 bits per heavy atom. The van der Waals surface area contributed by atoms with E-state index in [1.807, 2.05) is 12.1 Å². The first-order valence-corrected chi connectivity index (χ1v) is 7.55. The van der Waals surface area contributed by atoms with Crippen molar-refractivity contribution in [3.8, 4) is 11.9 Å². The molecule has 0 amide bonds. The molecule has 0 bridgehead atoms. The number of hydrogen-bond acceptors (Lipinski definition) is 4. The Bertz CT molecular complexity index is 841. The third-order valence-corrected chi connectivity index (χ3v) is 3.98. The molecule has 2 rings (SSSR count). The monoisotopic (exact) mass is 311 g/mol. The molecule has 5 heteroatoms. The molecule has 1 aromatic heterocycles. The Morgan fingerprint density at radius 1 is 1.43 bits per heavy atom. The highest BCUT2D eigenvalue weighted by atomic mass is 16.3. The molecule has 0 unspecified atom stereocenters. The zero-order valence-corrected chi connectivity index (χ0v) is 14.1. The van der Waals surface area contributed by atoms with E-state index in [1.165, 1.54) is 4.57 Å². The van der Waals surface area contributed by atoms with Gasteiger partial charge in [-0.15, -0.1) is 0 Å². The minimum absolute atomic E-state index is 0.0177. The van der Waals surface area contributed by atoms with E-state index in [-0.39, 0.29) is 16.9 Å². The summed E-state index contributed by atoms with van der Waals surface area (Å²) in [7, 11) is 0. The molecule has 0 saturated carbocycles. The molecule has 23 heavy (non-hydrogen) atoms. The van der Waals surface area contributed by atoms with E-state index in [2.05, 4.69) is 25.8 Å². The van der Waals surface area contributed by atoms with Crippen molar-refractivity contribution >= 4 is 12.3 Å². The zero-order valence-electron chi connectivity index (χ0n) is 14.1. The number of aliphatic imine (C=N–C) groups is 1. The predicted molar refractivity (Wildman–Crippen MR) is 91.5 cm³/mol. The van der Waals surface area contributed by atoms with Crippen LogP contribution in [0.1, 0.15) is 44.4 Å². The van der Waals surface area contributed by atoms with E-state index < -0.39 is 5.56 Å². The second-order valence-corrected chi connectivity index (χ2v) is 6.58. The Balaban J connectivity index is 2.66. The van der Waals surface area contributed by atoms with Crippen LogP contribution in [0.15, 0.2) is 27.1 Å². The van der Waals surface area contributed by atoms with Gasteiger partial charge in [0, 0.05) is 18.3 Å². The average Bonchev–Trinajstić information content (AvgIpc) is 2.93. The summed E-state index contributed by atoms with van der Waals surface area (Å²) in [5.74, 6) is -0.130. The number of hydrogen-bond donors (Lipinski definition) is 1. The third-order valence-electron chi connectivity index (χ3n) is 3.98. The first kappa shape index (κ1) is 16.8. The lowest BCUT2D eigenvalue weighted by Gasteiger charge is -2.17. The summed E-state index contributed by atoms with van der Waals surface area (Å²) in [6.45, 7) is 10.0. The molecule has 0 spiro atoms. The molecule has 0 atom stereocenters. The molecule has 0 aliphatic carbocycles. The summed E-state index contributed by atoms with van der Waals surface area (Å²) in [5.41, 5.74) is 2.28. The van der Waals surface area contributed by atoms with Crippen LogP contribution in [0, 0.1) is 23.7 Å².